The van der Waals surface area contributed by atoms with Gasteiger partial charge in [0.05, 0.1) is 6.54 Å². The maximum atomic E-state index is 2.31. The fourth-order valence-corrected chi connectivity index (χ4v) is 2.17. The van der Waals surface area contributed by atoms with Gasteiger partial charge in [0.1, 0.15) is 13.1 Å². The highest BCUT2D eigenvalue weighted by molar-refractivity contribution is 5.27. The predicted molar refractivity (Wildman–Crippen MR) is 59.1 cm³/mol. The molecular formula is C13H20BrN. The van der Waals surface area contributed by atoms with Crippen LogP contribution in [0.2, 0.25) is 0 Å². The Morgan fingerprint density at radius 3 is 2.13 bits per heavy atom. The summed E-state index contributed by atoms with van der Waals surface area (Å²) in [6.45, 7) is 8.42. The normalized spacial score (nSPS) is 15.1. The van der Waals surface area contributed by atoms with Crippen LogP contribution in [0.15, 0.2) is 24.3 Å². The molecule has 2 heteroatoms. The molecule has 1 aromatic carbocycles. The molecule has 1 heterocycles. The average Bonchev–Trinajstić information content (AvgIpc) is 2.57. The maximum Gasteiger partial charge on any atom is 0.104 e. The summed E-state index contributed by atoms with van der Waals surface area (Å²) in [5.41, 5.74) is 3.12. The SMILES string of the molecule is CC(C)CC[NH+]1Cc2ccccc2C1.[Br-]. The lowest BCUT2D eigenvalue weighted by Gasteiger charge is -2.13. The minimum absolute atomic E-state index is 0. The summed E-state index contributed by atoms with van der Waals surface area (Å²) < 4.78 is 0. The van der Waals surface area contributed by atoms with Gasteiger partial charge < -0.3 is 21.9 Å². The smallest absolute Gasteiger partial charge is 0.104 e. The van der Waals surface area contributed by atoms with Gasteiger partial charge in [-0.25, -0.2) is 0 Å². The molecule has 0 aromatic heterocycles. The molecular weight excluding hydrogens is 250 g/mol. The Morgan fingerprint density at radius 2 is 1.67 bits per heavy atom. The van der Waals surface area contributed by atoms with Crippen molar-refractivity contribution < 1.29 is 21.9 Å². The molecule has 0 unspecified atom stereocenters. The molecule has 0 radical (unpaired) electrons. The Labute approximate surface area is 103 Å². The second kappa shape index (κ2) is 5.66. The van der Waals surface area contributed by atoms with E-state index >= 15 is 0 Å². The summed E-state index contributed by atoms with van der Waals surface area (Å²) in [6, 6.07) is 8.86. The zero-order chi connectivity index (χ0) is 9.97. The lowest BCUT2D eigenvalue weighted by Crippen LogP contribution is -3.07. The van der Waals surface area contributed by atoms with E-state index in [0.29, 0.717) is 0 Å². The zero-order valence-electron chi connectivity index (χ0n) is 9.59. The van der Waals surface area contributed by atoms with E-state index in [1.807, 2.05) is 0 Å². The summed E-state index contributed by atoms with van der Waals surface area (Å²) in [5.74, 6) is 0.839. The molecule has 1 nitrogen and oxygen atoms in total. The van der Waals surface area contributed by atoms with Crippen LogP contribution in [-0.4, -0.2) is 6.54 Å². The third-order valence-corrected chi connectivity index (χ3v) is 3.07. The summed E-state index contributed by atoms with van der Waals surface area (Å²) in [4.78, 5) is 1.74. The highest BCUT2D eigenvalue weighted by Crippen LogP contribution is 2.10. The number of hydrogen-bond acceptors (Lipinski definition) is 0. The van der Waals surface area contributed by atoms with Crippen molar-refractivity contribution in [1.82, 2.24) is 0 Å². The first-order valence-electron chi connectivity index (χ1n) is 5.66. The number of quaternary nitrogens is 1. The Morgan fingerprint density at radius 1 is 1.13 bits per heavy atom. The Balaban J connectivity index is 0.00000112. The second-order valence-corrected chi connectivity index (χ2v) is 4.80. The molecule has 0 bridgehead atoms. The van der Waals surface area contributed by atoms with Crippen molar-refractivity contribution >= 4 is 0 Å². The van der Waals surface area contributed by atoms with Crippen molar-refractivity contribution in [3.8, 4) is 0 Å². The molecule has 0 atom stereocenters. The number of benzene rings is 1. The van der Waals surface area contributed by atoms with Gasteiger partial charge in [-0.2, -0.15) is 0 Å². The molecule has 2 rings (SSSR count). The highest BCUT2D eigenvalue weighted by Gasteiger charge is 2.21. The van der Waals surface area contributed by atoms with E-state index < -0.39 is 0 Å². The molecule has 1 aliphatic rings. The molecule has 15 heavy (non-hydrogen) atoms. The van der Waals surface area contributed by atoms with Gasteiger partial charge >= 0.3 is 0 Å². The van der Waals surface area contributed by atoms with Crippen LogP contribution in [0.3, 0.4) is 0 Å². The monoisotopic (exact) mass is 269 g/mol. The van der Waals surface area contributed by atoms with Crippen LogP contribution in [0.5, 0.6) is 0 Å². The Hall–Kier alpha value is -0.340. The van der Waals surface area contributed by atoms with E-state index in [1.54, 1.807) is 16.0 Å². The van der Waals surface area contributed by atoms with Crippen molar-refractivity contribution in [2.75, 3.05) is 6.54 Å². The minimum atomic E-state index is 0. The van der Waals surface area contributed by atoms with E-state index in [9.17, 15) is 0 Å². The molecule has 1 aromatic rings. The van der Waals surface area contributed by atoms with Crippen molar-refractivity contribution in [1.29, 1.82) is 0 Å². The zero-order valence-corrected chi connectivity index (χ0v) is 11.2. The third kappa shape index (κ3) is 3.32. The molecule has 1 aliphatic heterocycles. The van der Waals surface area contributed by atoms with Gasteiger partial charge in [0.15, 0.2) is 0 Å². The van der Waals surface area contributed by atoms with Crippen LogP contribution in [0.1, 0.15) is 31.4 Å². The van der Waals surface area contributed by atoms with Gasteiger partial charge in [0.2, 0.25) is 0 Å². The Kier molecular flexibility index (Phi) is 4.81. The molecule has 0 saturated heterocycles. The molecule has 0 amide bonds. The fraction of sp³-hybridized carbons (Fsp3) is 0.538. The van der Waals surface area contributed by atoms with Crippen molar-refractivity contribution in [3.63, 3.8) is 0 Å². The molecule has 0 fully saturated rings. The summed E-state index contributed by atoms with van der Waals surface area (Å²) in [7, 11) is 0. The summed E-state index contributed by atoms with van der Waals surface area (Å²) >= 11 is 0. The minimum Gasteiger partial charge on any atom is -1.00 e. The van der Waals surface area contributed by atoms with Gasteiger partial charge in [-0.05, 0) is 12.3 Å². The molecule has 0 saturated carbocycles. The van der Waals surface area contributed by atoms with Crippen LogP contribution in [0.4, 0.5) is 0 Å². The van der Waals surface area contributed by atoms with Crippen molar-refractivity contribution in [2.45, 2.75) is 33.4 Å². The summed E-state index contributed by atoms with van der Waals surface area (Å²) in [6.07, 6.45) is 1.35. The van der Waals surface area contributed by atoms with Gasteiger partial charge in [0, 0.05) is 11.1 Å². The first kappa shape index (κ1) is 12.7. The number of fused-ring (bicyclic) bond motifs is 1. The first-order valence-corrected chi connectivity index (χ1v) is 5.66. The van der Waals surface area contributed by atoms with Crippen molar-refractivity contribution in [3.05, 3.63) is 35.4 Å². The highest BCUT2D eigenvalue weighted by atomic mass is 79.9. The fourth-order valence-electron chi connectivity index (χ4n) is 2.17. The van der Waals surface area contributed by atoms with E-state index in [1.165, 1.54) is 26.1 Å². The number of nitrogens with one attached hydrogen (secondary N) is 1. The Bertz CT molecular complexity index is 284. The van der Waals surface area contributed by atoms with Crippen LogP contribution in [0, 0.1) is 5.92 Å². The molecule has 0 aliphatic carbocycles. The van der Waals surface area contributed by atoms with Crippen molar-refractivity contribution in [2.24, 2.45) is 5.92 Å². The van der Waals surface area contributed by atoms with Crippen LogP contribution >= 0.6 is 0 Å². The van der Waals surface area contributed by atoms with Gasteiger partial charge in [-0.15, -0.1) is 0 Å². The van der Waals surface area contributed by atoms with Gasteiger partial charge in [-0.3, -0.25) is 0 Å². The topological polar surface area (TPSA) is 4.44 Å². The van der Waals surface area contributed by atoms with Crippen LogP contribution in [-0.2, 0) is 13.1 Å². The number of halogens is 1. The number of rotatable bonds is 3. The lowest BCUT2D eigenvalue weighted by molar-refractivity contribution is -0.921. The van der Waals surface area contributed by atoms with E-state index in [-0.39, 0.29) is 17.0 Å². The number of hydrogen-bond donors (Lipinski definition) is 1. The largest absolute Gasteiger partial charge is 1.00 e. The van der Waals surface area contributed by atoms with E-state index in [2.05, 4.69) is 38.1 Å². The molecule has 84 valence electrons. The average molecular weight is 270 g/mol. The lowest BCUT2D eigenvalue weighted by atomic mass is 10.1. The molecule has 1 N–H and O–H groups in total. The van der Waals surface area contributed by atoms with Crippen LogP contribution < -0.4 is 21.9 Å². The molecule has 0 spiro atoms. The van der Waals surface area contributed by atoms with Gasteiger partial charge in [0.25, 0.3) is 0 Å². The third-order valence-electron chi connectivity index (χ3n) is 3.07. The van der Waals surface area contributed by atoms with E-state index in [4.69, 9.17) is 0 Å². The maximum absolute atomic E-state index is 2.31. The summed E-state index contributed by atoms with van der Waals surface area (Å²) in [5, 5.41) is 0. The van der Waals surface area contributed by atoms with Gasteiger partial charge in [-0.1, -0.05) is 38.1 Å². The standard InChI is InChI=1S/C13H19N.BrH/c1-11(2)7-8-14-9-12-5-3-4-6-13(12)10-14;/h3-6,11H,7-10H2,1-2H3;1H. The van der Waals surface area contributed by atoms with Crippen LogP contribution in [0.25, 0.3) is 0 Å². The quantitative estimate of drug-likeness (QED) is 0.692. The first-order chi connectivity index (χ1) is 6.75. The second-order valence-electron chi connectivity index (χ2n) is 4.80. The van der Waals surface area contributed by atoms with E-state index in [0.717, 1.165) is 5.92 Å². The predicted octanol–water partition coefficient (Wildman–Crippen LogP) is -1.36.